The molecule has 0 saturated heterocycles. The van der Waals surface area contributed by atoms with Crippen LogP contribution in [-0.2, 0) is 16.1 Å². The Morgan fingerprint density at radius 3 is 2.31 bits per heavy atom. The number of nitrogens with one attached hydrogen (secondary N) is 1. The molecule has 0 fully saturated rings. The molecule has 2 aromatic rings. The summed E-state index contributed by atoms with van der Waals surface area (Å²) in [5, 5.41) is 1.86. The third-order valence-corrected chi connectivity index (χ3v) is 6.75. The van der Waals surface area contributed by atoms with E-state index >= 15 is 0 Å². The van der Waals surface area contributed by atoms with E-state index in [1.165, 1.54) is 12.1 Å². The monoisotopic (exact) mass is 524 g/mol. The summed E-state index contributed by atoms with van der Waals surface area (Å²) in [6.45, 7) is 3.32. The normalized spacial score (nSPS) is 21.9. The second kappa shape index (κ2) is 8.68. The lowest BCUT2D eigenvalue weighted by Gasteiger charge is -2.35. The summed E-state index contributed by atoms with van der Waals surface area (Å²) in [6, 6.07) is 12.1. The minimum absolute atomic E-state index is 0.0278. The first-order chi connectivity index (χ1) is 16.3. The molecule has 1 heterocycles. The summed E-state index contributed by atoms with van der Waals surface area (Å²) in [5.74, 6) is -3.51. The minimum Gasteiger partial charge on any atom is -0.326 e. The van der Waals surface area contributed by atoms with Crippen molar-refractivity contribution >= 4 is 40.8 Å². The fourth-order valence-corrected chi connectivity index (χ4v) is 5.16. The molecule has 0 saturated carbocycles. The van der Waals surface area contributed by atoms with Gasteiger partial charge in [-0.25, -0.2) is 0 Å². The number of amides is 2. The first-order valence-corrected chi connectivity index (χ1v) is 11.5. The highest BCUT2D eigenvalue weighted by Gasteiger charge is 2.71. The van der Waals surface area contributed by atoms with Crippen LogP contribution in [0.5, 0.6) is 0 Å². The van der Waals surface area contributed by atoms with E-state index in [-0.39, 0.29) is 40.7 Å². The lowest BCUT2D eigenvalue weighted by Crippen LogP contribution is -2.66. The zero-order chi connectivity index (χ0) is 25.8. The Labute approximate surface area is 209 Å². The fraction of sp³-hybridized carbons (Fsp3) is 0.320. The van der Waals surface area contributed by atoms with Crippen molar-refractivity contribution in [1.29, 1.82) is 0 Å². The van der Waals surface area contributed by atoms with Gasteiger partial charge in [0.2, 0.25) is 5.54 Å². The minimum atomic E-state index is -5.30. The molecule has 0 unspecified atom stereocenters. The summed E-state index contributed by atoms with van der Waals surface area (Å²) >= 11 is 11.9. The number of hydrogen-bond donors (Lipinski definition) is 1. The number of hydrogen-bond acceptors (Lipinski definition) is 3. The van der Waals surface area contributed by atoms with Crippen LogP contribution in [0, 0.1) is 5.41 Å². The van der Waals surface area contributed by atoms with Gasteiger partial charge in [0.1, 0.15) is 0 Å². The number of Topliss-reactive ketones (excluding diaryl/α,β-unsaturated/α-hetero) is 1. The first-order valence-electron chi connectivity index (χ1n) is 10.7. The average Bonchev–Trinajstić information content (AvgIpc) is 2.96. The maximum absolute atomic E-state index is 14.9. The van der Waals surface area contributed by atoms with Crippen LogP contribution in [-0.4, -0.2) is 34.2 Å². The van der Waals surface area contributed by atoms with Crippen LogP contribution >= 0.6 is 23.2 Å². The molecular formula is C25H21Cl2F3N2O3. The van der Waals surface area contributed by atoms with E-state index in [9.17, 15) is 27.6 Å². The molecule has 2 aromatic carbocycles. The molecule has 0 radical (unpaired) electrons. The molecule has 0 bridgehead atoms. The van der Waals surface area contributed by atoms with Crippen LogP contribution in [0.15, 0.2) is 59.8 Å². The largest absolute Gasteiger partial charge is 0.425 e. The van der Waals surface area contributed by atoms with Crippen LogP contribution in [0.4, 0.5) is 13.2 Å². The van der Waals surface area contributed by atoms with Crippen molar-refractivity contribution in [3.8, 4) is 0 Å². The maximum Gasteiger partial charge on any atom is 0.425 e. The van der Waals surface area contributed by atoms with E-state index in [1.54, 1.807) is 44.2 Å². The number of allylic oxidation sites excluding steroid dienone is 1. The van der Waals surface area contributed by atoms with Crippen LogP contribution in [0.1, 0.15) is 42.6 Å². The van der Waals surface area contributed by atoms with Gasteiger partial charge in [0.15, 0.2) is 5.78 Å². The predicted molar refractivity (Wildman–Crippen MR) is 125 cm³/mol. The number of benzene rings is 2. The molecule has 1 aliphatic heterocycles. The van der Waals surface area contributed by atoms with Crippen LogP contribution in [0.2, 0.25) is 10.0 Å². The van der Waals surface area contributed by atoms with Crippen molar-refractivity contribution in [1.82, 2.24) is 10.2 Å². The zero-order valence-electron chi connectivity index (χ0n) is 18.8. The van der Waals surface area contributed by atoms with Crippen LogP contribution in [0.3, 0.4) is 0 Å². The number of nitrogens with zero attached hydrogens (tertiary/aromatic N) is 1. The molecule has 1 atom stereocenters. The Bertz CT molecular complexity index is 1260. The van der Waals surface area contributed by atoms with Crippen LogP contribution < -0.4 is 5.32 Å². The summed E-state index contributed by atoms with van der Waals surface area (Å²) in [5.41, 5.74) is -4.70. The Morgan fingerprint density at radius 1 is 1.06 bits per heavy atom. The third-order valence-electron chi connectivity index (χ3n) is 6.20. The van der Waals surface area contributed by atoms with E-state index in [0.29, 0.717) is 5.56 Å². The topological polar surface area (TPSA) is 66.5 Å². The molecule has 0 spiro atoms. The van der Waals surface area contributed by atoms with E-state index < -0.39 is 40.3 Å². The van der Waals surface area contributed by atoms with Crippen molar-refractivity contribution in [2.45, 2.75) is 44.9 Å². The summed E-state index contributed by atoms with van der Waals surface area (Å²) in [4.78, 5) is 40.9. The third kappa shape index (κ3) is 4.34. The average molecular weight is 525 g/mol. The predicted octanol–water partition coefficient (Wildman–Crippen LogP) is 5.71. The highest BCUT2D eigenvalue weighted by atomic mass is 35.5. The molecule has 1 N–H and O–H groups in total. The van der Waals surface area contributed by atoms with E-state index in [4.69, 9.17) is 23.2 Å². The van der Waals surface area contributed by atoms with Gasteiger partial charge in [-0.05, 0) is 35.6 Å². The van der Waals surface area contributed by atoms with Gasteiger partial charge in [0.05, 0.1) is 22.7 Å². The smallest absolute Gasteiger partial charge is 0.326 e. The highest BCUT2D eigenvalue weighted by molar-refractivity contribution is 6.36. The Hall–Kier alpha value is -2.84. The van der Waals surface area contributed by atoms with Gasteiger partial charge in [0, 0.05) is 17.1 Å². The Morgan fingerprint density at radius 2 is 1.71 bits per heavy atom. The van der Waals surface area contributed by atoms with Crippen LogP contribution in [0.25, 0.3) is 0 Å². The Kier molecular flexibility index (Phi) is 6.26. The van der Waals surface area contributed by atoms with Crippen molar-refractivity contribution in [2.24, 2.45) is 5.41 Å². The molecule has 2 aliphatic rings. The van der Waals surface area contributed by atoms with Crippen molar-refractivity contribution in [3.63, 3.8) is 0 Å². The lowest BCUT2D eigenvalue weighted by atomic mass is 9.72. The summed E-state index contributed by atoms with van der Waals surface area (Å²) in [7, 11) is 0. The van der Waals surface area contributed by atoms with Crippen molar-refractivity contribution in [2.75, 3.05) is 0 Å². The number of ketones is 1. The molecule has 0 aromatic heterocycles. The SMILES string of the molecule is CC1(C)CC(=O)C2=C(C1)N(Cc1ccccc1)C(=O)[C@]2(NC(=O)c1ccc(Cl)cc1Cl)C(F)(F)F. The van der Waals surface area contributed by atoms with Crippen molar-refractivity contribution < 1.29 is 27.6 Å². The molecule has 4 rings (SSSR count). The standard InChI is InChI=1S/C25H21Cl2F3N2O3/c1-23(2)11-18-20(19(33)12-23)24(25(28,29)30,22(35)32(18)13-14-6-4-3-5-7-14)31-21(34)16-9-8-15(26)10-17(16)27/h3-10H,11-13H2,1-2H3,(H,31,34)/t24-/m0/s1. The van der Waals surface area contributed by atoms with Crippen molar-refractivity contribution in [3.05, 3.63) is 81.0 Å². The fourth-order valence-electron chi connectivity index (χ4n) is 4.67. The quantitative estimate of drug-likeness (QED) is 0.556. The highest BCUT2D eigenvalue weighted by Crippen LogP contribution is 2.52. The van der Waals surface area contributed by atoms with E-state index in [2.05, 4.69) is 0 Å². The summed E-state index contributed by atoms with van der Waals surface area (Å²) in [6.07, 6.45) is -5.45. The number of carbonyl (C=O) groups is 3. The molecule has 184 valence electrons. The number of halogens is 5. The molecule has 10 heteroatoms. The summed E-state index contributed by atoms with van der Waals surface area (Å²) < 4.78 is 44.6. The number of carbonyl (C=O) groups excluding carboxylic acids is 3. The number of rotatable bonds is 4. The van der Waals surface area contributed by atoms with Gasteiger partial charge < -0.3 is 10.2 Å². The Balaban J connectivity index is 1.88. The van der Waals surface area contributed by atoms with E-state index in [0.717, 1.165) is 11.0 Å². The molecular weight excluding hydrogens is 504 g/mol. The lowest BCUT2D eigenvalue weighted by molar-refractivity contribution is -0.190. The van der Waals surface area contributed by atoms with Gasteiger partial charge in [-0.1, -0.05) is 67.4 Å². The second-order valence-electron chi connectivity index (χ2n) is 9.47. The molecule has 5 nitrogen and oxygen atoms in total. The first kappa shape index (κ1) is 25.3. The van der Waals surface area contributed by atoms with Gasteiger partial charge in [-0.3, -0.25) is 14.4 Å². The van der Waals surface area contributed by atoms with Gasteiger partial charge in [0.25, 0.3) is 11.8 Å². The molecule has 1 aliphatic carbocycles. The zero-order valence-corrected chi connectivity index (χ0v) is 20.3. The maximum atomic E-state index is 14.9. The van der Waals surface area contributed by atoms with E-state index in [1.807, 2.05) is 5.32 Å². The molecule has 2 amide bonds. The number of alkyl halides is 3. The second-order valence-corrected chi connectivity index (χ2v) is 10.3. The van der Waals surface area contributed by atoms with Gasteiger partial charge in [-0.2, -0.15) is 13.2 Å². The van der Waals surface area contributed by atoms with Gasteiger partial charge in [-0.15, -0.1) is 0 Å². The molecule has 35 heavy (non-hydrogen) atoms. The van der Waals surface area contributed by atoms with Gasteiger partial charge >= 0.3 is 6.18 Å².